The molecule has 1 atom stereocenters. The first-order chi connectivity index (χ1) is 9.78. The van der Waals surface area contributed by atoms with E-state index in [2.05, 4.69) is 24.3 Å². The summed E-state index contributed by atoms with van der Waals surface area (Å²) in [4.78, 5) is 0. The fraction of sp³-hybridized carbons (Fsp3) is 0.235. The number of nitrogens with two attached hydrogens (primary N) is 1. The second-order valence-electron chi connectivity index (χ2n) is 5.06. The lowest BCUT2D eigenvalue weighted by molar-refractivity contribution is 0.184. The van der Waals surface area contributed by atoms with Crippen LogP contribution in [-0.4, -0.2) is 0 Å². The average Bonchev–Trinajstić information content (AvgIpc) is 2.50. The first kappa shape index (κ1) is 12.6. The number of nitrogen functional groups attached to an aromatic ring is 1. The summed E-state index contributed by atoms with van der Waals surface area (Å²) in [6, 6.07) is 15.6. The molecule has 0 aromatic heterocycles. The predicted molar refractivity (Wildman–Crippen MR) is 78.3 cm³/mol. The van der Waals surface area contributed by atoms with E-state index in [0.717, 1.165) is 19.3 Å². The number of fused-ring (bicyclic) bond motifs is 1. The molecule has 0 heterocycles. The fourth-order valence-corrected chi connectivity index (χ4v) is 2.69. The Hall–Kier alpha value is -2.47. The van der Waals surface area contributed by atoms with Gasteiger partial charge in [0.15, 0.2) is 0 Å². The Labute approximate surface area is 118 Å². The van der Waals surface area contributed by atoms with Crippen molar-refractivity contribution in [3.63, 3.8) is 0 Å². The molecule has 0 spiro atoms. The third-order valence-corrected chi connectivity index (χ3v) is 3.73. The van der Waals surface area contributed by atoms with E-state index in [1.165, 1.54) is 11.1 Å². The smallest absolute Gasteiger partial charge is 0.144 e. The van der Waals surface area contributed by atoms with Gasteiger partial charge in [0.1, 0.15) is 11.9 Å². The Morgan fingerprint density at radius 2 is 2.05 bits per heavy atom. The van der Waals surface area contributed by atoms with Crippen molar-refractivity contribution in [3.05, 3.63) is 59.2 Å². The second kappa shape index (κ2) is 5.26. The minimum Gasteiger partial charge on any atom is -0.484 e. The second-order valence-corrected chi connectivity index (χ2v) is 5.06. The van der Waals surface area contributed by atoms with Crippen LogP contribution in [-0.2, 0) is 6.42 Å². The van der Waals surface area contributed by atoms with Crippen LogP contribution >= 0.6 is 0 Å². The summed E-state index contributed by atoms with van der Waals surface area (Å²) in [5.41, 5.74) is 9.67. The third kappa shape index (κ3) is 2.33. The number of ether oxygens (including phenoxy) is 1. The van der Waals surface area contributed by atoms with E-state index in [-0.39, 0.29) is 6.10 Å². The van der Waals surface area contributed by atoms with Crippen LogP contribution < -0.4 is 10.5 Å². The van der Waals surface area contributed by atoms with Crippen LogP contribution in [0.4, 0.5) is 5.69 Å². The van der Waals surface area contributed by atoms with Gasteiger partial charge in [-0.05, 0) is 42.5 Å². The molecule has 0 fully saturated rings. The summed E-state index contributed by atoms with van der Waals surface area (Å²) < 4.78 is 6.08. The Balaban J connectivity index is 1.91. The van der Waals surface area contributed by atoms with Gasteiger partial charge in [-0.2, -0.15) is 5.26 Å². The summed E-state index contributed by atoms with van der Waals surface area (Å²) in [6.07, 6.45) is 3.22. The van der Waals surface area contributed by atoms with Crippen molar-refractivity contribution >= 4 is 5.69 Å². The van der Waals surface area contributed by atoms with Crippen molar-refractivity contribution in [3.8, 4) is 11.8 Å². The summed E-state index contributed by atoms with van der Waals surface area (Å²) in [7, 11) is 0. The minimum atomic E-state index is 0.0243. The van der Waals surface area contributed by atoms with E-state index in [4.69, 9.17) is 15.7 Å². The maximum Gasteiger partial charge on any atom is 0.144 e. The Bertz CT molecular complexity index is 673. The van der Waals surface area contributed by atoms with Crippen LogP contribution in [0.2, 0.25) is 0 Å². The Kier molecular flexibility index (Phi) is 3.30. The highest BCUT2D eigenvalue weighted by molar-refractivity contribution is 5.56. The Morgan fingerprint density at radius 1 is 1.20 bits per heavy atom. The maximum atomic E-state index is 8.97. The van der Waals surface area contributed by atoms with E-state index < -0.39 is 0 Å². The highest BCUT2D eigenvalue weighted by Crippen LogP contribution is 2.35. The monoisotopic (exact) mass is 264 g/mol. The van der Waals surface area contributed by atoms with Crippen LogP contribution in [0.25, 0.3) is 0 Å². The lowest BCUT2D eigenvalue weighted by Crippen LogP contribution is -2.15. The zero-order valence-corrected chi connectivity index (χ0v) is 11.2. The van der Waals surface area contributed by atoms with E-state index in [1.807, 2.05) is 6.07 Å². The maximum absolute atomic E-state index is 8.97. The van der Waals surface area contributed by atoms with Crippen LogP contribution in [0.15, 0.2) is 42.5 Å². The molecule has 3 heteroatoms. The van der Waals surface area contributed by atoms with Gasteiger partial charge in [-0.3, -0.25) is 0 Å². The van der Waals surface area contributed by atoms with Gasteiger partial charge in [-0.25, -0.2) is 0 Å². The molecule has 0 amide bonds. The van der Waals surface area contributed by atoms with Crippen molar-refractivity contribution < 1.29 is 4.74 Å². The molecule has 0 aliphatic heterocycles. The quantitative estimate of drug-likeness (QED) is 0.843. The predicted octanol–water partition coefficient (Wildman–Crippen LogP) is 3.60. The zero-order chi connectivity index (χ0) is 13.9. The SMILES string of the molecule is N#Cc1ccc(N)c(OC2CCCc3ccccc32)c1. The molecule has 1 unspecified atom stereocenters. The molecule has 20 heavy (non-hydrogen) atoms. The fourth-order valence-electron chi connectivity index (χ4n) is 2.69. The highest BCUT2D eigenvalue weighted by atomic mass is 16.5. The molecule has 0 radical (unpaired) electrons. The first-order valence-electron chi connectivity index (χ1n) is 6.82. The molecule has 2 aromatic carbocycles. The number of benzene rings is 2. The summed E-state index contributed by atoms with van der Waals surface area (Å²) in [5.74, 6) is 0.603. The Morgan fingerprint density at radius 3 is 2.90 bits per heavy atom. The van der Waals surface area contributed by atoms with Crippen molar-refractivity contribution in [2.75, 3.05) is 5.73 Å². The van der Waals surface area contributed by atoms with E-state index in [1.54, 1.807) is 18.2 Å². The topological polar surface area (TPSA) is 59.0 Å². The lowest BCUT2D eigenvalue weighted by atomic mass is 9.89. The number of nitrogens with zero attached hydrogens (tertiary/aromatic N) is 1. The summed E-state index contributed by atoms with van der Waals surface area (Å²) >= 11 is 0. The van der Waals surface area contributed by atoms with Gasteiger partial charge in [0, 0.05) is 6.07 Å². The van der Waals surface area contributed by atoms with Gasteiger partial charge >= 0.3 is 0 Å². The molecule has 0 saturated carbocycles. The number of rotatable bonds is 2. The first-order valence-corrected chi connectivity index (χ1v) is 6.82. The van der Waals surface area contributed by atoms with Crippen LogP contribution in [0.1, 0.15) is 35.6 Å². The molecular formula is C17H16N2O. The van der Waals surface area contributed by atoms with Crippen molar-refractivity contribution in [2.45, 2.75) is 25.4 Å². The van der Waals surface area contributed by atoms with Gasteiger partial charge in [0.2, 0.25) is 0 Å². The molecule has 0 saturated heterocycles. The standard InChI is InChI=1S/C17H16N2O/c18-11-12-8-9-15(19)17(10-12)20-16-7-3-5-13-4-1-2-6-14(13)16/h1-2,4,6,8-10,16H,3,5,7,19H2. The zero-order valence-electron chi connectivity index (χ0n) is 11.2. The summed E-state index contributed by atoms with van der Waals surface area (Å²) in [5, 5.41) is 8.97. The molecule has 3 rings (SSSR count). The average molecular weight is 264 g/mol. The van der Waals surface area contributed by atoms with Crippen molar-refractivity contribution in [2.24, 2.45) is 0 Å². The number of aryl methyl sites for hydroxylation is 1. The van der Waals surface area contributed by atoms with E-state index in [0.29, 0.717) is 17.0 Å². The molecule has 2 aromatic rings. The van der Waals surface area contributed by atoms with Gasteiger partial charge in [0.05, 0.1) is 17.3 Å². The molecular weight excluding hydrogens is 248 g/mol. The number of hydrogen-bond donors (Lipinski definition) is 1. The molecule has 1 aliphatic carbocycles. The van der Waals surface area contributed by atoms with Gasteiger partial charge in [0.25, 0.3) is 0 Å². The van der Waals surface area contributed by atoms with E-state index in [9.17, 15) is 0 Å². The van der Waals surface area contributed by atoms with Gasteiger partial charge < -0.3 is 10.5 Å². The molecule has 0 bridgehead atoms. The van der Waals surface area contributed by atoms with Crippen molar-refractivity contribution in [1.29, 1.82) is 5.26 Å². The number of nitriles is 1. The lowest BCUT2D eigenvalue weighted by Gasteiger charge is -2.26. The molecule has 100 valence electrons. The molecule has 3 nitrogen and oxygen atoms in total. The largest absolute Gasteiger partial charge is 0.484 e. The normalized spacial score (nSPS) is 17.1. The van der Waals surface area contributed by atoms with Crippen LogP contribution in [0, 0.1) is 11.3 Å². The van der Waals surface area contributed by atoms with Gasteiger partial charge in [-0.15, -0.1) is 0 Å². The number of hydrogen-bond acceptors (Lipinski definition) is 3. The summed E-state index contributed by atoms with van der Waals surface area (Å²) in [6.45, 7) is 0. The third-order valence-electron chi connectivity index (χ3n) is 3.73. The van der Waals surface area contributed by atoms with Crippen LogP contribution in [0.3, 0.4) is 0 Å². The van der Waals surface area contributed by atoms with Crippen LogP contribution in [0.5, 0.6) is 5.75 Å². The minimum absolute atomic E-state index is 0.0243. The molecule has 1 aliphatic rings. The van der Waals surface area contributed by atoms with Gasteiger partial charge in [-0.1, -0.05) is 24.3 Å². The van der Waals surface area contributed by atoms with Crippen molar-refractivity contribution in [1.82, 2.24) is 0 Å². The number of anilines is 1. The highest BCUT2D eigenvalue weighted by Gasteiger charge is 2.22. The molecule has 2 N–H and O–H groups in total. The van der Waals surface area contributed by atoms with E-state index >= 15 is 0 Å².